The molecule has 0 aliphatic heterocycles. The van der Waals surface area contributed by atoms with Gasteiger partial charge in [-0.1, -0.05) is 24.3 Å². The van der Waals surface area contributed by atoms with Gasteiger partial charge in [-0.15, -0.1) is 0 Å². The molecule has 2 aromatic carbocycles. The lowest BCUT2D eigenvalue weighted by atomic mass is 9.59. The number of nitrogens with zero attached hydrogens (tertiary/aromatic N) is 1. The molecule has 3 rings (SSSR count). The van der Waals surface area contributed by atoms with Crippen LogP contribution in [0.15, 0.2) is 54.7 Å². The Balaban J connectivity index is 2.00. The topological polar surface area (TPSA) is 94.3 Å². The van der Waals surface area contributed by atoms with Gasteiger partial charge in [0.2, 0.25) is 0 Å². The van der Waals surface area contributed by atoms with E-state index in [0.717, 1.165) is 27.8 Å². The van der Waals surface area contributed by atoms with E-state index in [0.29, 0.717) is 5.56 Å². The Morgan fingerprint density at radius 3 is 2.42 bits per heavy atom. The number of rotatable bonds is 5. The number of methoxy groups -OCH3 is 1. The number of nitrogens with one attached hydrogen (secondary N) is 1. The molecule has 0 bridgehead atoms. The molecule has 128 valence electrons. The lowest BCUT2D eigenvalue weighted by molar-refractivity contribution is 0.415. The Morgan fingerprint density at radius 2 is 1.81 bits per heavy atom. The molecule has 0 saturated heterocycles. The molecule has 0 spiro atoms. The molecule has 0 amide bonds. The van der Waals surface area contributed by atoms with Gasteiger partial charge >= 0.3 is 0 Å². The van der Waals surface area contributed by atoms with E-state index in [-0.39, 0.29) is 0 Å². The summed E-state index contributed by atoms with van der Waals surface area (Å²) in [5.41, 5.74) is 3.03. The number of ether oxygens (including phenoxy) is 1. The summed E-state index contributed by atoms with van der Waals surface area (Å²) in [6.07, 6.45) is 1.71. The molecule has 0 atom stereocenters. The second kappa shape index (κ2) is 6.75. The maximum absolute atomic E-state index is 11.2. The minimum absolute atomic E-state index is 0.371. The Kier molecular flexibility index (Phi) is 4.79. The van der Waals surface area contributed by atoms with Gasteiger partial charge in [0.25, 0.3) is 10.2 Å². The molecule has 9 heteroatoms. The van der Waals surface area contributed by atoms with Gasteiger partial charge in [0.1, 0.15) is 5.75 Å². The first-order chi connectivity index (χ1) is 12.2. The van der Waals surface area contributed by atoms with Crippen LogP contribution in [0.5, 0.6) is 5.75 Å². The highest BCUT2D eigenvalue weighted by atomic mass is 32.2. The van der Waals surface area contributed by atoms with Crippen LogP contribution in [0, 0.1) is 0 Å². The minimum Gasteiger partial charge on any atom is -0.497 e. The van der Waals surface area contributed by atoms with E-state index in [9.17, 15) is 8.42 Å². The number of hydrogen-bond donors (Lipinski definition) is 2. The first-order valence-corrected chi connectivity index (χ1v) is 9.17. The van der Waals surface area contributed by atoms with Crippen molar-refractivity contribution in [3.8, 4) is 16.9 Å². The van der Waals surface area contributed by atoms with E-state index in [1.807, 2.05) is 29.0 Å². The Morgan fingerprint density at radius 1 is 1.12 bits per heavy atom. The smallest absolute Gasteiger partial charge is 0.273 e. The Labute approximate surface area is 154 Å². The zero-order valence-electron chi connectivity index (χ0n) is 14.0. The zero-order chi connectivity index (χ0) is 18.9. The van der Waals surface area contributed by atoms with Gasteiger partial charge in [-0.05, 0) is 40.2 Å². The van der Waals surface area contributed by atoms with Gasteiger partial charge in [0, 0.05) is 17.6 Å². The van der Waals surface area contributed by atoms with Crippen molar-refractivity contribution < 1.29 is 13.2 Å². The van der Waals surface area contributed by atoms with Crippen molar-refractivity contribution >= 4 is 36.8 Å². The number of benzene rings is 2. The first-order valence-electron chi connectivity index (χ1n) is 7.63. The highest BCUT2D eigenvalue weighted by molar-refractivity contribution is 7.87. The van der Waals surface area contributed by atoms with E-state index in [1.54, 1.807) is 37.6 Å². The van der Waals surface area contributed by atoms with Crippen molar-refractivity contribution in [2.24, 2.45) is 5.14 Å². The summed E-state index contributed by atoms with van der Waals surface area (Å²) in [6.45, 7) is 0. The molecule has 1 aromatic heterocycles. The van der Waals surface area contributed by atoms with Gasteiger partial charge < -0.3 is 4.74 Å². The molecule has 3 aromatic rings. The van der Waals surface area contributed by atoms with Crippen molar-refractivity contribution in [1.82, 2.24) is 9.71 Å². The molecular weight excluding hydrogens is 348 g/mol. The van der Waals surface area contributed by atoms with Gasteiger partial charge in [0.15, 0.2) is 0 Å². The molecule has 26 heavy (non-hydrogen) atoms. The second-order valence-corrected chi connectivity index (χ2v) is 7.13. The molecule has 0 aliphatic rings. The quantitative estimate of drug-likeness (QED) is 0.665. The van der Waals surface area contributed by atoms with Crippen LogP contribution < -0.4 is 14.6 Å². The van der Waals surface area contributed by atoms with Crippen LogP contribution in [0.2, 0.25) is 0 Å². The largest absolute Gasteiger partial charge is 0.497 e. The Hall–Kier alpha value is -2.35. The van der Waals surface area contributed by atoms with E-state index >= 15 is 0 Å². The van der Waals surface area contributed by atoms with Crippen LogP contribution in [-0.2, 0) is 15.5 Å². The highest BCUT2D eigenvalue weighted by Crippen LogP contribution is 2.30. The second-order valence-electron chi connectivity index (χ2n) is 5.84. The molecule has 0 saturated carbocycles. The van der Waals surface area contributed by atoms with Crippen LogP contribution in [0.3, 0.4) is 0 Å². The Bertz CT molecular complexity index is 1050. The summed E-state index contributed by atoms with van der Waals surface area (Å²) >= 11 is 0. The summed E-state index contributed by atoms with van der Waals surface area (Å²) in [6, 6.07) is 14.4. The first kappa shape index (κ1) is 18.4. The summed E-state index contributed by atoms with van der Waals surface area (Å²) < 4.78 is 29.6. The molecular formula is C17H15B2N3O3S. The van der Waals surface area contributed by atoms with Crippen molar-refractivity contribution in [3.63, 3.8) is 0 Å². The normalized spacial score (nSPS) is 12.2. The number of pyridine rings is 1. The lowest BCUT2D eigenvalue weighted by Gasteiger charge is -2.26. The average Bonchev–Trinajstić information content (AvgIpc) is 2.59. The number of fused-ring (bicyclic) bond motifs is 1. The minimum atomic E-state index is -4.05. The van der Waals surface area contributed by atoms with Crippen molar-refractivity contribution in [2.45, 2.75) is 5.34 Å². The van der Waals surface area contributed by atoms with Gasteiger partial charge in [-0.3, -0.25) is 4.98 Å². The van der Waals surface area contributed by atoms with E-state index < -0.39 is 15.5 Å². The van der Waals surface area contributed by atoms with Gasteiger partial charge in [0.05, 0.1) is 28.3 Å². The average molecular weight is 363 g/mol. The maximum Gasteiger partial charge on any atom is 0.273 e. The van der Waals surface area contributed by atoms with Crippen LogP contribution in [-0.4, -0.2) is 36.2 Å². The van der Waals surface area contributed by atoms with Crippen LogP contribution in [0.1, 0.15) is 5.56 Å². The summed E-state index contributed by atoms with van der Waals surface area (Å²) in [7, 11) is 9.19. The SMILES string of the molecule is [B]C([B])(NS(N)(=O)=O)c1ccc(-c2ccnc3cc(OC)ccc23)cc1. The predicted octanol–water partition coefficient (Wildman–Crippen LogP) is 1.15. The van der Waals surface area contributed by atoms with Gasteiger partial charge in [-0.2, -0.15) is 8.42 Å². The lowest BCUT2D eigenvalue weighted by Crippen LogP contribution is -2.49. The van der Waals surface area contributed by atoms with Crippen molar-refractivity contribution in [2.75, 3.05) is 7.11 Å². The number of hydrogen-bond acceptors (Lipinski definition) is 4. The summed E-state index contributed by atoms with van der Waals surface area (Å²) in [5, 5.41) is 4.10. The standard InChI is InChI=1S/C17H15B2N3O3S/c1-25-13-6-7-15-14(8-9-21-16(15)10-13)11-2-4-12(5-3-11)17(18,19)22-26(20,23)24/h2-10,22H,1H3,(H2,20,23,24). The van der Waals surface area contributed by atoms with E-state index in [2.05, 4.69) is 4.98 Å². The van der Waals surface area contributed by atoms with Crippen LogP contribution in [0.25, 0.3) is 22.0 Å². The third kappa shape index (κ3) is 3.90. The molecule has 3 N–H and O–H groups in total. The van der Waals surface area contributed by atoms with E-state index in [1.165, 1.54) is 0 Å². The third-order valence-electron chi connectivity index (χ3n) is 3.93. The molecule has 1 heterocycles. The fourth-order valence-electron chi connectivity index (χ4n) is 2.73. The van der Waals surface area contributed by atoms with Gasteiger partial charge in [-0.25, -0.2) is 9.86 Å². The van der Waals surface area contributed by atoms with Crippen molar-refractivity contribution in [3.05, 3.63) is 60.3 Å². The number of nitrogens with two attached hydrogens (primary N) is 1. The maximum atomic E-state index is 11.2. The molecule has 0 fully saturated rings. The summed E-state index contributed by atoms with van der Waals surface area (Å²) in [4.78, 5) is 4.36. The molecule has 6 nitrogen and oxygen atoms in total. The molecule has 0 aliphatic carbocycles. The third-order valence-corrected chi connectivity index (χ3v) is 4.56. The number of aromatic nitrogens is 1. The summed E-state index contributed by atoms with van der Waals surface area (Å²) in [5.74, 6) is 0.725. The fraction of sp³-hybridized carbons (Fsp3) is 0.118. The predicted molar refractivity (Wildman–Crippen MR) is 103 cm³/mol. The van der Waals surface area contributed by atoms with Crippen molar-refractivity contribution in [1.29, 1.82) is 0 Å². The highest BCUT2D eigenvalue weighted by Gasteiger charge is 2.23. The van der Waals surface area contributed by atoms with Crippen LogP contribution >= 0.6 is 0 Å². The molecule has 0 unspecified atom stereocenters. The fourth-order valence-corrected chi connectivity index (χ4v) is 3.32. The monoisotopic (exact) mass is 363 g/mol. The molecule has 4 radical (unpaired) electrons. The zero-order valence-corrected chi connectivity index (χ0v) is 14.8. The van der Waals surface area contributed by atoms with Crippen LogP contribution in [0.4, 0.5) is 0 Å². The van der Waals surface area contributed by atoms with E-state index in [4.69, 9.17) is 25.6 Å².